The van der Waals surface area contributed by atoms with E-state index in [2.05, 4.69) is 0 Å². The van der Waals surface area contributed by atoms with E-state index in [0.717, 1.165) is 0 Å². The minimum atomic E-state index is -0.653. The minimum absolute atomic E-state index is 0.0287. The van der Waals surface area contributed by atoms with Gasteiger partial charge in [0.2, 0.25) is 5.91 Å². The third kappa shape index (κ3) is 0.862. The van der Waals surface area contributed by atoms with Gasteiger partial charge in [-0.1, -0.05) is 0 Å². The highest BCUT2D eigenvalue weighted by Crippen LogP contribution is 2.29. The van der Waals surface area contributed by atoms with Crippen LogP contribution >= 0.6 is 0 Å². The molecule has 2 fully saturated rings. The van der Waals surface area contributed by atoms with Gasteiger partial charge in [0.1, 0.15) is 0 Å². The van der Waals surface area contributed by atoms with Crippen LogP contribution in [-0.2, 0) is 4.79 Å². The summed E-state index contributed by atoms with van der Waals surface area (Å²) in [6.07, 6.45) is -0.383. The highest BCUT2D eigenvalue weighted by molar-refractivity contribution is 5.80. The average Bonchev–Trinajstić information content (AvgIpc) is 2.41. The summed E-state index contributed by atoms with van der Waals surface area (Å²) < 4.78 is 0. The highest BCUT2D eigenvalue weighted by Gasteiger charge is 2.46. The molecule has 0 aromatic carbocycles. The Balaban J connectivity index is 2.21. The van der Waals surface area contributed by atoms with E-state index < -0.39 is 12.2 Å². The number of aliphatic hydroxyl groups is 2. The third-order valence-corrected chi connectivity index (χ3v) is 2.52. The van der Waals surface area contributed by atoms with Gasteiger partial charge in [-0.05, 0) is 6.42 Å². The molecule has 62 valence electrons. The van der Waals surface area contributed by atoms with E-state index in [9.17, 15) is 15.0 Å². The van der Waals surface area contributed by atoms with Crippen LogP contribution in [-0.4, -0.2) is 45.8 Å². The van der Waals surface area contributed by atoms with Gasteiger partial charge in [-0.3, -0.25) is 4.79 Å². The van der Waals surface area contributed by atoms with Gasteiger partial charge in [-0.2, -0.15) is 0 Å². The van der Waals surface area contributed by atoms with Crippen LogP contribution in [0.4, 0.5) is 0 Å². The van der Waals surface area contributed by atoms with Crippen LogP contribution in [0.25, 0.3) is 0 Å². The molecule has 2 aliphatic heterocycles. The smallest absolute Gasteiger partial charge is 0.225 e. The molecule has 4 nitrogen and oxygen atoms in total. The molecule has 2 rings (SSSR count). The predicted octanol–water partition coefficient (Wildman–Crippen LogP) is -1.29. The van der Waals surface area contributed by atoms with Crippen molar-refractivity contribution >= 4 is 5.91 Å². The number of hydrogen-bond donors (Lipinski definition) is 2. The number of hydrogen-bond acceptors (Lipinski definition) is 3. The number of carbonyl (C=O) groups excluding carboxylic acids is 1. The van der Waals surface area contributed by atoms with Crippen molar-refractivity contribution in [2.75, 3.05) is 6.54 Å². The molecule has 2 saturated heterocycles. The van der Waals surface area contributed by atoms with Crippen molar-refractivity contribution in [3.05, 3.63) is 0 Å². The fraction of sp³-hybridized carbons (Fsp3) is 0.857. The molecule has 4 heteroatoms. The topological polar surface area (TPSA) is 60.8 Å². The first-order valence-electron chi connectivity index (χ1n) is 3.86. The van der Waals surface area contributed by atoms with Crippen molar-refractivity contribution in [3.8, 4) is 0 Å². The van der Waals surface area contributed by atoms with Crippen LogP contribution < -0.4 is 0 Å². The molecular weight excluding hydrogens is 146 g/mol. The zero-order chi connectivity index (χ0) is 8.01. The molecular formula is C7H11NO3. The number of fused-ring (bicyclic) bond motifs is 1. The summed E-state index contributed by atoms with van der Waals surface area (Å²) in [5.41, 5.74) is 0. The molecule has 2 N–H and O–H groups in total. The van der Waals surface area contributed by atoms with Gasteiger partial charge in [-0.25, -0.2) is 0 Å². The number of carbonyl (C=O) groups is 1. The quantitative estimate of drug-likeness (QED) is 0.460. The SMILES string of the molecule is O=C1C[C@H](O)[C@@H]2[C@H](O)CCN12. The predicted molar refractivity (Wildman–Crippen MR) is 36.7 cm³/mol. The molecule has 0 aliphatic carbocycles. The van der Waals surface area contributed by atoms with E-state index in [1.165, 1.54) is 0 Å². The standard InChI is InChI=1S/C7H11NO3/c9-4-1-2-8-6(11)3-5(10)7(4)8/h4-5,7,9-10H,1-3H2/t4-,5+,7+/m1/s1. The first-order valence-corrected chi connectivity index (χ1v) is 3.86. The zero-order valence-electron chi connectivity index (χ0n) is 6.10. The molecule has 1 amide bonds. The Morgan fingerprint density at radius 3 is 2.73 bits per heavy atom. The van der Waals surface area contributed by atoms with Crippen molar-refractivity contribution < 1.29 is 15.0 Å². The summed E-state index contributed by atoms with van der Waals surface area (Å²) in [5.74, 6) is -0.0287. The second-order valence-electron chi connectivity index (χ2n) is 3.21. The maximum atomic E-state index is 11.1. The van der Waals surface area contributed by atoms with Gasteiger partial charge in [0, 0.05) is 6.54 Å². The third-order valence-electron chi connectivity index (χ3n) is 2.52. The number of amides is 1. The second-order valence-corrected chi connectivity index (χ2v) is 3.21. The maximum Gasteiger partial charge on any atom is 0.225 e. The molecule has 3 atom stereocenters. The lowest BCUT2D eigenvalue weighted by atomic mass is 10.1. The van der Waals surface area contributed by atoms with Crippen molar-refractivity contribution in [3.63, 3.8) is 0 Å². The van der Waals surface area contributed by atoms with Crippen molar-refractivity contribution in [1.29, 1.82) is 0 Å². The van der Waals surface area contributed by atoms with Crippen LogP contribution in [0, 0.1) is 0 Å². The lowest BCUT2D eigenvalue weighted by molar-refractivity contribution is -0.128. The van der Waals surface area contributed by atoms with Crippen molar-refractivity contribution in [1.82, 2.24) is 4.90 Å². The lowest BCUT2D eigenvalue weighted by Gasteiger charge is -2.18. The van der Waals surface area contributed by atoms with Gasteiger partial charge >= 0.3 is 0 Å². The van der Waals surface area contributed by atoms with E-state index >= 15 is 0 Å². The molecule has 0 aromatic rings. The highest BCUT2D eigenvalue weighted by atomic mass is 16.3. The van der Waals surface area contributed by atoms with Crippen molar-refractivity contribution in [2.24, 2.45) is 0 Å². The van der Waals surface area contributed by atoms with Gasteiger partial charge in [0.15, 0.2) is 0 Å². The Kier molecular flexibility index (Phi) is 1.40. The van der Waals surface area contributed by atoms with Gasteiger partial charge < -0.3 is 15.1 Å². The molecule has 11 heavy (non-hydrogen) atoms. The molecule has 0 bridgehead atoms. The molecule has 0 saturated carbocycles. The fourth-order valence-electron chi connectivity index (χ4n) is 1.97. The van der Waals surface area contributed by atoms with Crippen LogP contribution in [0.3, 0.4) is 0 Å². The molecule has 0 aromatic heterocycles. The first-order chi connectivity index (χ1) is 5.20. The molecule has 2 heterocycles. The van der Waals surface area contributed by atoms with Crippen LogP contribution in [0.15, 0.2) is 0 Å². The number of rotatable bonds is 0. The summed E-state index contributed by atoms with van der Waals surface area (Å²) in [7, 11) is 0. The van der Waals surface area contributed by atoms with Gasteiger partial charge in [0.25, 0.3) is 0 Å². The average molecular weight is 157 g/mol. The van der Waals surface area contributed by atoms with E-state index in [1.54, 1.807) is 4.90 Å². The molecule has 2 aliphatic rings. The Bertz CT molecular complexity index is 194. The van der Waals surface area contributed by atoms with Crippen LogP contribution in [0.5, 0.6) is 0 Å². The zero-order valence-corrected chi connectivity index (χ0v) is 6.10. The number of nitrogens with zero attached hydrogens (tertiary/aromatic N) is 1. The van der Waals surface area contributed by atoms with E-state index in [0.29, 0.717) is 13.0 Å². The van der Waals surface area contributed by atoms with E-state index in [-0.39, 0.29) is 18.4 Å². The summed E-state index contributed by atoms with van der Waals surface area (Å²) in [4.78, 5) is 12.6. The van der Waals surface area contributed by atoms with Gasteiger partial charge in [-0.15, -0.1) is 0 Å². The largest absolute Gasteiger partial charge is 0.391 e. The Morgan fingerprint density at radius 1 is 1.36 bits per heavy atom. The van der Waals surface area contributed by atoms with Crippen LogP contribution in [0.2, 0.25) is 0 Å². The Hall–Kier alpha value is -0.610. The van der Waals surface area contributed by atoms with E-state index in [4.69, 9.17) is 0 Å². The van der Waals surface area contributed by atoms with Gasteiger partial charge in [0.05, 0.1) is 24.7 Å². The Labute approximate surface area is 64.4 Å². The monoisotopic (exact) mass is 157 g/mol. The molecule has 0 unspecified atom stereocenters. The Morgan fingerprint density at radius 2 is 2.09 bits per heavy atom. The summed E-state index contributed by atoms with van der Waals surface area (Å²) in [6, 6.07) is -0.317. The summed E-state index contributed by atoms with van der Waals surface area (Å²) in [6.45, 7) is 0.599. The summed E-state index contributed by atoms with van der Waals surface area (Å²) in [5, 5.41) is 18.7. The summed E-state index contributed by atoms with van der Waals surface area (Å²) >= 11 is 0. The second kappa shape index (κ2) is 2.19. The van der Waals surface area contributed by atoms with Crippen LogP contribution in [0.1, 0.15) is 12.8 Å². The fourth-order valence-corrected chi connectivity index (χ4v) is 1.97. The molecule has 0 radical (unpaired) electrons. The minimum Gasteiger partial charge on any atom is -0.391 e. The maximum absolute atomic E-state index is 11.1. The number of aliphatic hydroxyl groups excluding tert-OH is 2. The normalized spacial score (nSPS) is 43.3. The van der Waals surface area contributed by atoms with Crippen molar-refractivity contribution in [2.45, 2.75) is 31.1 Å². The lowest BCUT2D eigenvalue weighted by Crippen LogP contribution is -2.37. The van der Waals surface area contributed by atoms with E-state index in [1.807, 2.05) is 0 Å². The first kappa shape index (κ1) is 7.06. The molecule has 0 spiro atoms.